The van der Waals surface area contributed by atoms with E-state index in [-0.39, 0.29) is 23.3 Å². The lowest BCUT2D eigenvalue weighted by Crippen LogP contribution is -2.11. The first-order valence-electron chi connectivity index (χ1n) is 6.46. The van der Waals surface area contributed by atoms with E-state index in [1.807, 2.05) is 12.1 Å². The minimum atomic E-state index is -3.84. The number of primary sulfonamides is 1. The van der Waals surface area contributed by atoms with Crippen LogP contribution in [0, 0.1) is 0 Å². The van der Waals surface area contributed by atoms with Gasteiger partial charge in [-0.3, -0.25) is 0 Å². The molecule has 3 heterocycles. The summed E-state index contributed by atoms with van der Waals surface area (Å²) in [5.74, 6) is -0.220. The lowest BCUT2D eigenvalue weighted by atomic mass is 10.1. The standard InChI is InChI=1S/C12H12N4O4S3/c13-23(19,20)12-15-16-5-8(14-11(16)22-12)10-2-1-9(21-10)7(6-18)3-4-17/h1-2,4-5,7,18H,3,6H2,(H2,13,19,20). The molecule has 3 rings (SSSR count). The van der Waals surface area contributed by atoms with E-state index in [9.17, 15) is 18.3 Å². The minimum Gasteiger partial charge on any atom is -0.396 e. The van der Waals surface area contributed by atoms with E-state index in [2.05, 4.69) is 10.1 Å². The maximum absolute atomic E-state index is 11.3. The Labute approximate surface area is 139 Å². The van der Waals surface area contributed by atoms with E-state index >= 15 is 0 Å². The average molecular weight is 372 g/mol. The number of aldehydes is 1. The summed E-state index contributed by atoms with van der Waals surface area (Å²) in [7, 11) is -3.84. The van der Waals surface area contributed by atoms with Gasteiger partial charge in [-0.05, 0) is 12.1 Å². The van der Waals surface area contributed by atoms with Gasteiger partial charge in [0.15, 0.2) is 0 Å². The molecule has 0 bridgehead atoms. The minimum absolute atomic E-state index is 0.101. The predicted octanol–water partition coefficient (Wildman–Crippen LogP) is 0.832. The number of carbonyl (C=O) groups is 1. The molecule has 23 heavy (non-hydrogen) atoms. The first kappa shape index (κ1) is 16.2. The van der Waals surface area contributed by atoms with Crippen LogP contribution in [0.4, 0.5) is 0 Å². The maximum atomic E-state index is 11.3. The molecule has 1 atom stereocenters. The Bertz CT molecular complexity index is 925. The number of thiophene rings is 1. The molecule has 3 N–H and O–H groups in total. The second-order valence-electron chi connectivity index (χ2n) is 4.75. The third kappa shape index (κ3) is 3.19. The molecule has 8 nitrogen and oxygen atoms in total. The largest absolute Gasteiger partial charge is 0.396 e. The summed E-state index contributed by atoms with van der Waals surface area (Å²) < 4.78 is 23.7. The van der Waals surface area contributed by atoms with Crippen molar-refractivity contribution in [1.82, 2.24) is 14.6 Å². The molecule has 3 aromatic rings. The number of rotatable bonds is 6. The normalized spacial score (nSPS) is 13.5. The van der Waals surface area contributed by atoms with Crippen LogP contribution in [-0.4, -0.2) is 41.0 Å². The van der Waals surface area contributed by atoms with Crippen LogP contribution in [0.5, 0.6) is 0 Å². The van der Waals surface area contributed by atoms with Crippen molar-refractivity contribution in [2.24, 2.45) is 5.14 Å². The van der Waals surface area contributed by atoms with Gasteiger partial charge in [0.25, 0.3) is 10.0 Å². The van der Waals surface area contributed by atoms with Gasteiger partial charge in [-0.2, -0.15) is 0 Å². The number of aliphatic hydroxyl groups is 1. The molecule has 1 unspecified atom stereocenters. The Kier molecular flexibility index (Phi) is 4.29. The van der Waals surface area contributed by atoms with E-state index in [0.717, 1.165) is 27.4 Å². The summed E-state index contributed by atoms with van der Waals surface area (Å²) in [5.41, 5.74) is 0.642. The van der Waals surface area contributed by atoms with Crippen LogP contribution in [0.25, 0.3) is 15.5 Å². The smallest absolute Gasteiger partial charge is 0.267 e. The molecule has 3 aromatic heterocycles. The Hall–Kier alpha value is -1.66. The van der Waals surface area contributed by atoms with E-state index in [0.29, 0.717) is 10.7 Å². The number of aromatic nitrogens is 3. The predicted molar refractivity (Wildman–Crippen MR) is 86.1 cm³/mol. The number of carbonyl (C=O) groups excluding carboxylic acids is 1. The van der Waals surface area contributed by atoms with Crippen molar-refractivity contribution in [1.29, 1.82) is 0 Å². The molecule has 0 fully saturated rings. The van der Waals surface area contributed by atoms with E-state index in [1.54, 1.807) is 6.20 Å². The number of imidazole rings is 1. The van der Waals surface area contributed by atoms with Crippen molar-refractivity contribution in [2.75, 3.05) is 6.61 Å². The quantitative estimate of drug-likeness (QED) is 0.617. The van der Waals surface area contributed by atoms with Crippen LogP contribution >= 0.6 is 22.7 Å². The van der Waals surface area contributed by atoms with Crippen molar-refractivity contribution in [3.05, 3.63) is 23.2 Å². The molecule has 0 aliphatic heterocycles. The topological polar surface area (TPSA) is 128 Å². The third-order valence-electron chi connectivity index (χ3n) is 3.15. The van der Waals surface area contributed by atoms with Crippen LogP contribution < -0.4 is 5.14 Å². The third-order valence-corrected chi connectivity index (χ3v) is 6.65. The molecule has 0 saturated carbocycles. The number of hydrogen-bond acceptors (Lipinski definition) is 8. The monoisotopic (exact) mass is 372 g/mol. The molecule has 0 amide bonds. The van der Waals surface area contributed by atoms with Gasteiger partial charge in [-0.15, -0.1) is 16.4 Å². The summed E-state index contributed by atoms with van der Waals surface area (Å²) in [5, 5.41) is 18.3. The van der Waals surface area contributed by atoms with Crippen LogP contribution in [0.1, 0.15) is 17.2 Å². The first-order chi connectivity index (χ1) is 10.9. The summed E-state index contributed by atoms with van der Waals surface area (Å²) in [6, 6.07) is 3.70. The molecular weight excluding hydrogens is 360 g/mol. The summed E-state index contributed by atoms with van der Waals surface area (Å²) >= 11 is 2.32. The SMILES string of the molecule is NS(=O)(=O)c1nn2cc(-c3ccc(C(CO)CC=O)s3)nc2s1. The Morgan fingerprint density at radius 3 is 2.78 bits per heavy atom. The van der Waals surface area contributed by atoms with E-state index in [1.165, 1.54) is 15.9 Å². The second-order valence-corrected chi connectivity index (χ2v) is 8.56. The number of nitrogens with two attached hydrogens (primary N) is 1. The van der Waals surface area contributed by atoms with Crippen molar-refractivity contribution in [3.8, 4) is 10.6 Å². The average Bonchev–Trinajstić information content (AvgIpc) is 3.16. The highest BCUT2D eigenvalue weighted by Crippen LogP contribution is 2.33. The highest BCUT2D eigenvalue weighted by molar-refractivity contribution is 7.91. The zero-order valence-corrected chi connectivity index (χ0v) is 14.1. The van der Waals surface area contributed by atoms with Gasteiger partial charge in [0, 0.05) is 17.2 Å². The zero-order chi connectivity index (χ0) is 16.6. The number of nitrogens with zero attached hydrogens (tertiary/aromatic N) is 3. The Morgan fingerprint density at radius 2 is 2.17 bits per heavy atom. The van der Waals surface area contributed by atoms with Crippen LogP contribution in [0.3, 0.4) is 0 Å². The fourth-order valence-electron chi connectivity index (χ4n) is 2.02. The molecular formula is C12H12N4O4S3. The molecule has 0 saturated heterocycles. The van der Waals surface area contributed by atoms with Crippen molar-refractivity contribution < 1.29 is 18.3 Å². The fourth-order valence-corrected chi connectivity index (χ4v) is 4.59. The van der Waals surface area contributed by atoms with Gasteiger partial charge in [0.05, 0.1) is 17.7 Å². The Balaban J connectivity index is 1.93. The second kappa shape index (κ2) is 6.09. The van der Waals surface area contributed by atoms with Gasteiger partial charge >= 0.3 is 0 Å². The van der Waals surface area contributed by atoms with Gasteiger partial charge < -0.3 is 9.90 Å². The molecule has 0 aliphatic rings. The van der Waals surface area contributed by atoms with Gasteiger partial charge in [0.2, 0.25) is 9.30 Å². The number of fused-ring (bicyclic) bond motifs is 1. The fraction of sp³-hybridized carbons (Fsp3) is 0.250. The lowest BCUT2D eigenvalue weighted by Gasteiger charge is -2.06. The van der Waals surface area contributed by atoms with Crippen LogP contribution in [0.15, 0.2) is 22.7 Å². The molecule has 0 aliphatic carbocycles. The van der Waals surface area contributed by atoms with Gasteiger partial charge in [0.1, 0.15) is 12.0 Å². The molecule has 0 spiro atoms. The summed E-state index contributed by atoms with van der Waals surface area (Å²) in [6.45, 7) is -0.101. The first-order valence-corrected chi connectivity index (χ1v) is 9.64. The Morgan fingerprint density at radius 1 is 1.39 bits per heavy atom. The van der Waals surface area contributed by atoms with E-state index in [4.69, 9.17) is 5.14 Å². The molecule has 0 aromatic carbocycles. The zero-order valence-electron chi connectivity index (χ0n) is 11.6. The van der Waals surface area contributed by atoms with Crippen molar-refractivity contribution in [3.63, 3.8) is 0 Å². The summed E-state index contributed by atoms with van der Waals surface area (Å²) in [6.07, 6.45) is 2.66. The molecule has 11 heteroatoms. The van der Waals surface area contributed by atoms with Crippen molar-refractivity contribution in [2.45, 2.75) is 16.7 Å². The van der Waals surface area contributed by atoms with Gasteiger partial charge in [-0.25, -0.2) is 23.1 Å². The number of hydrogen-bond donors (Lipinski definition) is 2. The molecule has 0 radical (unpaired) electrons. The lowest BCUT2D eigenvalue weighted by molar-refractivity contribution is -0.108. The van der Waals surface area contributed by atoms with Crippen LogP contribution in [0.2, 0.25) is 0 Å². The molecule has 122 valence electrons. The van der Waals surface area contributed by atoms with Gasteiger partial charge in [-0.1, -0.05) is 11.3 Å². The number of sulfonamides is 1. The highest BCUT2D eigenvalue weighted by Gasteiger charge is 2.19. The highest BCUT2D eigenvalue weighted by atomic mass is 32.2. The number of aliphatic hydroxyl groups excluding tert-OH is 1. The van der Waals surface area contributed by atoms with Crippen LogP contribution in [-0.2, 0) is 14.8 Å². The maximum Gasteiger partial charge on any atom is 0.267 e. The van der Waals surface area contributed by atoms with E-state index < -0.39 is 10.0 Å². The van der Waals surface area contributed by atoms with Crippen molar-refractivity contribution >= 4 is 43.9 Å². The summed E-state index contributed by atoms with van der Waals surface area (Å²) in [4.78, 5) is 17.1.